The predicted molar refractivity (Wildman–Crippen MR) is 81.6 cm³/mol. The van der Waals surface area contributed by atoms with Gasteiger partial charge in [-0.25, -0.2) is 0 Å². The molecule has 7 heteroatoms. The monoisotopic (exact) mass is 325 g/mol. The molecular weight excluding hydrogens is 309 g/mol. The minimum atomic E-state index is -0.997. The van der Waals surface area contributed by atoms with Gasteiger partial charge in [0, 0.05) is 5.56 Å². The van der Waals surface area contributed by atoms with Gasteiger partial charge in [0.15, 0.2) is 17.6 Å². The minimum absolute atomic E-state index is 0. The molecule has 0 aliphatic heterocycles. The van der Waals surface area contributed by atoms with Gasteiger partial charge < -0.3 is 16.0 Å². The molecule has 0 saturated carbocycles. The molecule has 116 valence electrons. The van der Waals surface area contributed by atoms with Crippen LogP contribution >= 0.6 is 0 Å². The van der Waals surface area contributed by atoms with E-state index >= 15 is 0 Å². The standard InChI is InChI=1S/C16H15NO5.Na.H/c1-21-14-9-5-6-10-15(14)22-16(13(18)11-17(19)20)12-7-3-2-4-8-12;;/h2-11,16,18H,1H3;;/q;+1;-1/b13-11-;;. The Balaban J connectivity index is 0.00000264. The number of aliphatic hydroxyl groups excluding tert-OH is 1. The molecule has 1 N–H and O–H groups in total. The molecule has 0 amide bonds. The molecule has 23 heavy (non-hydrogen) atoms. The summed E-state index contributed by atoms with van der Waals surface area (Å²) in [5, 5.41) is 20.6. The SMILES string of the molecule is COc1ccccc1OC(/C(O)=C/[N+](=O)[O-])c1ccccc1.[H-].[Na+]. The number of hydrogen-bond acceptors (Lipinski definition) is 5. The van der Waals surface area contributed by atoms with Gasteiger partial charge in [0.1, 0.15) is 0 Å². The van der Waals surface area contributed by atoms with E-state index in [4.69, 9.17) is 9.47 Å². The first-order valence-corrected chi connectivity index (χ1v) is 6.50. The second kappa shape index (κ2) is 9.19. The average molecular weight is 325 g/mol. The summed E-state index contributed by atoms with van der Waals surface area (Å²) in [6.45, 7) is 0. The van der Waals surface area contributed by atoms with Crippen LogP contribution in [0, 0.1) is 10.1 Å². The Morgan fingerprint density at radius 3 is 2.30 bits per heavy atom. The van der Waals surface area contributed by atoms with E-state index in [0.29, 0.717) is 23.3 Å². The van der Waals surface area contributed by atoms with Crippen LogP contribution in [-0.4, -0.2) is 17.1 Å². The molecule has 1 unspecified atom stereocenters. The summed E-state index contributed by atoms with van der Waals surface area (Å²) in [5.41, 5.74) is 0.587. The first-order chi connectivity index (χ1) is 10.6. The Labute approximate surface area is 157 Å². The first-order valence-electron chi connectivity index (χ1n) is 6.50. The van der Waals surface area contributed by atoms with E-state index in [1.165, 1.54) is 7.11 Å². The largest absolute Gasteiger partial charge is 1.00 e. The normalized spacial score (nSPS) is 12.0. The Bertz CT molecular complexity index is 681. The number of benzene rings is 2. The fraction of sp³-hybridized carbons (Fsp3) is 0.125. The zero-order chi connectivity index (χ0) is 15.9. The van der Waals surface area contributed by atoms with Gasteiger partial charge in [0.05, 0.1) is 12.0 Å². The van der Waals surface area contributed by atoms with E-state index in [1.807, 2.05) is 0 Å². The third kappa shape index (κ3) is 5.28. The molecule has 0 radical (unpaired) electrons. The van der Waals surface area contributed by atoms with Crippen LogP contribution in [0.4, 0.5) is 0 Å². The summed E-state index contributed by atoms with van der Waals surface area (Å²) in [5.74, 6) is 0.349. The molecule has 0 fully saturated rings. The van der Waals surface area contributed by atoms with E-state index in [9.17, 15) is 15.2 Å². The van der Waals surface area contributed by atoms with E-state index < -0.39 is 16.8 Å². The number of nitro groups is 1. The number of aliphatic hydroxyl groups is 1. The Hall–Kier alpha value is -2.02. The number of para-hydroxylation sites is 2. The van der Waals surface area contributed by atoms with Crippen LogP contribution in [-0.2, 0) is 0 Å². The summed E-state index contributed by atoms with van der Waals surface area (Å²) in [7, 11) is 1.49. The van der Waals surface area contributed by atoms with E-state index in [0.717, 1.165) is 0 Å². The molecular formula is C16H16NNaO5. The van der Waals surface area contributed by atoms with Crippen LogP contribution in [0.5, 0.6) is 11.5 Å². The van der Waals surface area contributed by atoms with Crippen molar-refractivity contribution in [2.24, 2.45) is 0 Å². The van der Waals surface area contributed by atoms with Crippen molar-refractivity contribution in [2.45, 2.75) is 6.10 Å². The van der Waals surface area contributed by atoms with Gasteiger partial charge in [-0.05, 0) is 12.1 Å². The third-order valence-corrected chi connectivity index (χ3v) is 2.92. The molecule has 2 aromatic carbocycles. The summed E-state index contributed by atoms with van der Waals surface area (Å²) in [6.07, 6.45) is -0.476. The molecule has 0 spiro atoms. The number of ether oxygens (including phenoxy) is 2. The van der Waals surface area contributed by atoms with Crippen molar-refractivity contribution in [3.63, 3.8) is 0 Å². The van der Waals surface area contributed by atoms with E-state index in [-0.39, 0.29) is 31.0 Å². The summed E-state index contributed by atoms with van der Waals surface area (Å²) >= 11 is 0. The molecule has 0 aromatic heterocycles. The predicted octanol–water partition coefficient (Wildman–Crippen LogP) is 0.608. The first kappa shape index (κ1) is 19.0. The van der Waals surface area contributed by atoms with Gasteiger partial charge in [0.25, 0.3) is 6.20 Å². The van der Waals surface area contributed by atoms with Crippen LogP contribution in [0.15, 0.2) is 66.6 Å². The molecule has 0 bridgehead atoms. The summed E-state index contributed by atoms with van der Waals surface area (Å²) in [4.78, 5) is 9.88. The number of rotatable bonds is 6. The maximum absolute atomic E-state index is 10.6. The molecule has 0 saturated heterocycles. The van der Waals surface area contributed by atoms with E-state index in [2.05, 4.69) is 0 Å². The molecule has 2 aromatic rings. The summed E-state index contributed by atoms with van der Waals surface area (Å²) in [6, 6.07) is 15.6. The van der Waals surface area contributed by atoms with Crippen LogP contribution < -0.4 is 39.0 Å². The molecule has 0 aliphatic rings. The molecule has 0 heterocycles. The van der Waals surface area contributed by atoms with Crippen molar-refractivity contribution in [3.8, 4) is 11.5 Å². The Morgan fingerprint density at radius 2 is 1.74 bits per heavy atom. The van der Waals surface area contributed by atoms with Crippen molar-refractivity contribution in [3.05, 3.63) is 82.2 Å². The van der Waals surface area contributed by atoms with Crippen LogP contribution in [0.3, 0.4) is 0 Å². The van der Waals surface area contributed by atoms with Gasteiger partial charge in [-0.3, -0.25) is 10.1 Å². The van der Waals surface area contributed by atoms with Crippen molar-refractivity contribution in [2.75, 3.05) is 7.11 Å². The zero-order valence-corrected chi connectivity index (χ0v) is 14.9. The number of methoxy groups -OCH3 is 1. The maximum Gasteiger partial charge on any atom is 1.00 e. The van der Waals surface area contributed by atoms with Crippen molar-refractivity contribution >= 4 is 0 Å². The summed E-state index contributed by atoms with van der Waals surface area (Å²) < 4.78 is 10.9. The van der Waals surface area contributed by atoms with Crippen LogP contribution in [0.2, 0.25) is 0 Å². The Kier molecular flexibility index (Phi) is 7.61. The quantitative estimate of drug-likeness (QED) is 0.364. The van der Waals surface area contributed by atoms with Gasteiger partial charge >= 0.3 is 29.6 Å². The smallest absolute Gasteiger partial charge is 1.00 e. The molecule has 6 nitrogen and oxygen atoms in total. The Morgan fingerprint density at radius 1 is 1.17 bits per heavy atom. The molecule has 0 aliphatic carbocycles. The minimum Gasteiger partial charge on any atom is -1.00 e. The number of hydrogen-bond donors (Lipinski definition) is 1. The molecule has 2 rings (SSSR count). The maximum atomic E-state index is 10.6. The second-order valence-electron chi connectivity index (χ2n) is 4.40. The fourth-order valence-corrected chi connectivity index (χ4v) is 1.95. The average Bonchev–Trinajstić information content (AvgIpc) is 2.53. The topological polar surface area (TPSA) is 81.8 Å². The van der Waals surface area contributed by atoms with Crippen molar-refractivity contribution < 1.29 is 50.5 Å². The fourth-order valence-electron chi connectivity index (χ4n) is 1.95. The van der Waals surface area contributed by atoms with Gasteiger partial charge in [-0.2, -0.15) is 0 Å². The molecule has 1 atom stereocenters. The van der Waals surface area contributed by atoms with Crippen molar-refractivity contribution in [1.82, 2.24) is 0 Å². The van der Waals surface area contributed by atoms with Crippen LogP contribution in [0.1, 0.15) is 13.1 Å². The third-order valence-electron chi connectivity index (χ3n) is 2.92. The van der Waals surface area contributed by atoms with Gasteiger partial charge in [-0.1, -0.05) is 42.5 Å². The van der Waals surface area contributed by atoms with E-state index in [1.54, 1.807) is 54.6 Å². The van der Waals surface area contributed by atoms with Gasteiger partial charge in [-0.15, -0.1) is 0 Å². The number of nitrogens with zero attached hydrogens (tertiary/aromatic N) is 1. The van der Waals surface area contributed by atoms with Gasteiger partial charge in [0.2, 0.25) is 5.76 Å². The zero-order valence-electron chi connectivity index (χ0n) is 13.9. The van der Waals surface area contributed by atoms with Crippen molar-refractivity contribution in [1.29, 1.82) is 0 Å². The van der Waals surface area contributed by atoms with Crippen LogP contribution in [0.25, 0.3) is 0 Å². The second-order valence-corrected chi connectivity index (χ2v) is 4.40.